The normalized spacial score (nSPS) is 11.8. The van der Waals surface area contributed by atoms with E-state index in [1.165, 1.54) is 33.0 Å². The van der Waals surface area contributed by atoms with Gasteiger partial charge in [0.1, 0.15) is 0 Å². The van der Waals surface area contributed by atoms with Crippen molar-refractivity contribution in [3.8, 4) is 33.6 Å². The molecule has 4 aromatic carbocycles. The second-order valence-electron chi connectivity index (χ2n) is 6.70. The van der Waals surface area contributed by atoms with E-state index in [9.17, 15) is 0 Å². The molecule has 0 unspecified atom stereocenters. The smallest absolute Gasteiger partial charge is 0.0979 e. The van der Waals surface area contributed by atoms with Crippen LogP contribution in [0.5, 0.6) is 0 Å². The molecule has 0 saturated heterocycles. The molecule has 2 heteroatoms. The summed E-state index contributed by atoms with van der Waals surface area (Å²) in [4.78, 5) is 9.99. The van der Waals surface area contributed by atoms with Crippen molar-refractivity contribution in [3.05, 3.63) is 84.9 Å². The molecule has 0 spiro atoms. The molecule has 0 aliphatic heterocycles. The Balaban J connectivity index is 1.64. The molecular weight excluding hydrogens is 316 g/mol. The van der Waals surface area contributed by atoms with Crippen LogP contribution < -0.4 is 0 Å². The van der Waals surface area contributed by atoms with E-state index in [0.717, 1.165) is 22.4 Å². The van der Waals surface area contributed by atoms with Crippen LogP contribution in [-0.4, -0.2) is 9.97 Å². The highest BCUT2D eigenvalue weighted by Gasteiger charge is 2.24. The average Bonchev–Trinajstić information content (AvgIpc) is 3.02. The van der Waals surface area contributed by atoms with Crippen molar-refractivity contribution in [3.63, 3.8) is 0 Å². The minimum atomic E-state index is 0.938. The van der Waals surface area contributed by atoms with Crippen LogP contribution in [0.4, 0.5) is 0 Å². The van der Waals surface area contributed by atoms with Crippen molar-refractivity contribution in [2.24, 2.45) is 0 Å². The largest absolute Gasteiger partial charge is 0.244 e. The lowest BCUT2D eigenvalue weighted by atomic mass is 10.0. The average molecular weight is 330 g/mol. The topological polar surface area (TPSA) is 25.8 Å². The Bertz CT molecular complexity index is 1320. The number of nitrogens with zero attached hydrogens (tertiary/aromatic N) is 2. The van der Waals surface area contributed by atoms with Crippen LogP contribution in [0, 0.1) is 0 Å². The molecule has 0 amide bonds. The van der Waals surface area contributed by atoms with Gasteiger partial charge in [-0.05, 0) is 28.6 Å². The summed E-state index contributed by atoms with van der Waals surface area (Å²) in [6.07, 6.45) is 0. The maximum absolute atomic E-state index is 5.02. The SMILES string of the molecule is c1ccc(-c2ccc3nc4c(nc3c2)-c2cccc3cccc-4c23)cc1. The Morgan fingerprint density at radius 2 is 1.19 bits per heavy atom. The van der Waals surface area contributed by atoms with Gasteiger partial charge in [0.25, 0.3) is 0 Å². The van der Waals surface area contributed by atoms with Gasteiger partial charge >= 0.3 is 0 Å². The third-order valence-corrected chi connectivity index (χ3v) is 5.19. The summed E-state index contributed by atoms with van der Waals surface area (Å²) in [6, 6.07) is 29.6. The number of aromatic nitrogens is 2. The van der Waals surface area contributed by atoms with Gasteiger partial charge in [0.05, 0.1) is 22.4 Å². The van der Waals surface area contributed by atoms with Crippen LogP contribution in [0.2, 0.25) is 0 Å². The van der Waals surface area contributed by atoms with Crippen molar-refractivity contribution in [1.82, 2.24) is 9.97 Å². The molecule has 1 heterocycles. The lowest BCUT2D eigenvalue weighted by Crippen LogP contribution is -1.91. The molecule has 0 atom stereocenters. The number of rotatable bonds is 1. The van der Waals surface area contributed by atoms with E-state index in [-0.39, 0.29) is 0 Å². The quantitative estimate of drug-likeness (QED) is 0.364. The number of benzene rings is 4. The molecule has 120 valence electrons. The highest BCUT2D eigenvalue weighted by Crippen LogP contribution is 2.45. The summed E-state index contributed by atoms with van der Waals surface area (Å²) in [7, 11) is 0. The van der Waals surface area contributed by atoms with Gasteiger partial charge in [0.15, 0.2) is 0 Å². The van der Waals surface area contributed by atoms with Crippen molar-refractivity contribution in [1.29, 1.82) is 0 Å². The third-order valence-electron chi connectivity index (χ3n) is 5.19. The highest BCUT2D eigenvalue weighted by atomic mass is 14.8. The molecular formula is C24H14N2. The summed E-state index contributed by atoms with van der Waals surface area (Å²) in [5.41, 5.74) is 8.61. The molecule has 0 radical (unpaired) electrons. The standard InChI is InChI=1S/C24H14N2/c1-2-6-15(7-3-1)17-12-13-20-21(14-17)26-24-19-11-5-9-16-8-4-10-18(22(16)19)23(24)25-20/h1-14H. The maximum Gasteiger partial charge on any atom is 0.0979 e. The third kappa shape index (κ3) is 1.81. The van der Waals surface area contributed by atoms with Gasteiger partial charge in [-0.25, -0.2) is 9.97 Å². The highest BCUT2D eigenvalue weighted by molar-refractivity contribution is 6.14. The van der Waals surface area contributed by atoms with Crippen molar-refractivity contribution in [2.75, 3.05) is 0 Å². The van der Waals surface area contributed by atoms with E-state index in [4.69, 9.17) is 9.97 Å². The first-order valence-corrected chi connectivity index (χ1v) is 8.78. The van der Waals surface area contributed by atoms with Crippen LogP contribution >= 0.6 is 0 Å². The maximum atomic E-state index is 5.02. The Morgan fingerprint density at radius 1 is 0.500 bits per heavy atom. The van der Waals surface area contributed by atoms with E-state index >= 15 is 0 Å². The van der Waals surface area contributed by atoms with Crippen LogP contribution in [0.15, 0.2) is 84.9 Å². The Morgan fingerprint density at radius 3 is 1.92 bits per heavy atom. The summed E-state index contributed by atoms with van der Waals surface area (Å²) in [6.45, 7) is 0. The van der Waals surface area contributed by atoms with E-state index in [0.29, 0.717) is 0 Å². The molecule has 1 aromatic heterocycles. The first-order valence-electron chi connectivity index (χ1n) is 8.78. The number of hydrogen-bond acceptors (Lipinski definition) is 2. The Labute approximate surface area is 150 Å². The van der Waals surface area contributed by atoms with Crippen molar-refractivity contribution >= 4 is 21.8 Å². The Hall–Kier alpha value is -3.52. The summed E-state index contributed by atoms with van der Waals surface area (Å²) < 4.78 is 0. The van der Waals surface area contributed by atoms with Gasteiger partial charge < -0.3 is 0 Å². The fraction of sp³-hybridized carbons (Fsp3) is 0. The van der Waals surface area contributed by atoms with E-state index in [2.05, 4.69) is 78.9 Å². The van der Waals surface area contributed by atoms with Crippen LogP contribution in [0.1, 0.15) is 0 Å². The second kappa shape index (κ2) is 4.99. The summed E-state index contributed by atoms with van der Waals surface area (Å²) in [5, 5.41) is 2.51. The van der Waals surface area contributed by atoms with E-state index in [1.807, 2.05) is 6.07 Å². The lowest BCUT2D eigenvalue weighted by Gasteiger charge is -2.06. The zero-order chi connectivity index (χ0) is 17.1. The van der Waals surface area contributed by atoms with Gasteiger partial charge in [0, 0.05) is 16.5 Å². The van der Waals surface area contributed by atoms with Gasteiger partial charge in [-0.15, -0.1) is 0 Å². The molecule has 2 nitrogen and oxygen atoms in total. The lowest BCUT2D eigenvalue weighted by molar-refractivity contribution is 1.32. The minimum Gasteiger partial charge on any atom is -0.244 e. The monoisotopic (exact) mass is 330 g/mol. The first-order chi connectivity index (χ1) is 12.9. The zero-order valence-corrected chi connectivity index (χ0v) is 14.0. The summed E-state index contributed by atoms with van der Waals surface area (Å²) >= 11 is 0. The van der Waals surface area contributed by atoms with Gasteiger partial charge in [-0.2, -0.15) is 0 Å². The second-order valence-corrected chi connectivity index (χ2v) is 6.70. The molecule has 0 bridgehead atoms. The molecule has 6 rings (SSSR count). The van der Waals surface area contributed by atoms with Gasteiger partial charge in [0.2, 0.25) is 0 Å². The first kappa shape index (κ1) is 13.7. The fourth-order valence-electron chi connectivity index (χ4n) is 3.98. The molecule has 1 aliphatic rings. The summed E-state index contributed by atoms with van der Waals surface area (Å²) in [5.74, 6) is 0. The van der Waals surface area contributed by atoms with Crippen LogP contribution in [-0.2, 0) is 0 Å². The van der Waals surface area contributed by atoms with Crippen molar-refractivity contribution in [2.45, 2.75) is 0 Å². The molecule has 1 aliphatic carbocycles. The predicted molar refractivity (Wildman–Crippen MR) is 107 cm³/mol. The molecule has 0 fully saturated rings. The fourth-order valence-corrected chi connectivity index (χ4v) is 3.98. The van der Waals surface area contributed by atoms with Gasteiger partial charge in [-0.1, -0.05) is 72.8 Å². The predicted octanol–water partition coefficient (Wildman–Crippen LogP) is 6.10. The zero-order valence-electron chi connectivity index (χ0n) is 14.0. The molecule has 5 aromatic rings. The molecule has 26 heavy (non-hydrogen) atoms. The van der Waals surface area contributed by atoms with Crippen LogP contribution in [0.25, 0.3) is 55.4 Å². The molecule has 0 saturated carbocycles. The van der Waals surface area contributed by atoms with E-state index in [1.54, 1.807) is 0 Å². The Kier molecular flexibility index (Phi) is 2.64. The van der Waals surface area contributed by atoms with Gasteiger partial charge in [-0.3, -0.25) is 0 Å². The van der Waals surface area contributed by atoms with Crippen LogP contribution in [0.3, 0.4) is 0 Å². The van der Waals surface area contributed by atoms with Crippen molar-refractivity contribution < 1.29 is 0 Å². The van der Waals surface area contributed by atoms with E-state index < -0.39 is 0 Å². The minimum absolute atomic E-state index is 0.938. The number of fused-ring (bicyclic) bond motifs is 4. The number of hydrogen-bond donors (Lipinski definition) is 0. The molecule has 0 N–H and O–H groups in total.